The van der Waals surface area contributed by atoms with Crippen molar-refractivity contribution in [3.05, 3.63) is 88.4 Å². The number of aliphatic hydroxyl groups is 1. The van der Waals surface area contributed by atoms with Gasteiger partial charge in [-0.3, -0.25) is 14.4 Å². The first-order valence-electron chi connectivity index (χ1n) is 13.5. The van der Waals surface area contributed by atoms with Crippen molar-refractivity contribution in [2.75, 3.05) is 31.5 Å². The molecule has 3 atom stereocenters. The lowest BCUT2D eigenvalue weighted by molar-refractivity contribution is -0.137. The number of hydrogen-bond donors (Lipinski definition) is 2. The fraction of sp³-hybridized carbons (Fsp3) is 0.367. The molecule has 0 saturated heterocycles. The monoisotopic (exact) mass is 639 g/mol. The third kappa shape index (κ3) is 7.80. The quantitative estimate of drug-likeness (QED) is 0.320. The number of nitrogens with zero attached hydrogens (tertiary/aromatic N) is 2. The molecule has 13 heteroatoms. The summed E-state index contributed by atoms with van der Waals surface area (Å²) in [6.07, 6.45) is -5.00. The lowest BCUT2D eigenvalue weighted by atomic mass is 9.99. The van der Waals surface area contributed by atoms with Crippen LogP contribution < -0.4 is 9.46 Å². The van der Waals surface area contributed by atoms with Crippen LogP contribution in [-0.2, 0) is 22.7 Å². The van der Waals surface area contributed by atoms with Crippen molar-refractivity contribution in [2.45, 2.75) is 43.6 Å². The first-order chi connectivity index (χ1) is 20.2. The number of benzene rings is 3. The lowest BCUT2D eigenvalue weighted by Crippen LogP contribution is -2.49. The number of ether oxygens (including phenoxy) is 1. The van der Waals surface area contributed by atoms with Gasteiger partial charge in [0, 0.05) is 30.6 Å². The number of likely N-dealkylation sites (N-methyl/N-ethyl adjacent to an activating group) is 1. The van der Waals surface area contributed by atoms with Crippen LogP contribution in [0.25, 0.3) is 0 Å². The molecule has 1 amide bonds. The third-order valence-electron chi connectivity index (χ3n) is 7.28. The largest absolute Gasteiger partial charge is 0.486 e. The van der Waals surface area contributed by atoms with Crippen molar-refractivity contribution in [3.8, 4) is 5.75 Å². The number of amides is 1. The topological polar surface area (TPSA) is 99.2 Å². The Bertz CT molecular complexity index is 1540. The van der Waals surface area contributed by atoms with Crippen molar-refractivity contribution >= 4 is 33.2 Å². The average molecular weight is 640 g/mol. The van der Waals surface area contributed by atoms with Crippen molar-refractivity contribution < 1.29 is 36.2 Å². The van der Waals surface area contributed by atoms with Gasteiger partial charge in [0.25, 0.3) is 15.9 Å². The van der Waals surface area contributed by atoms with Gasteiger partial charge in [-0.15, -0.1) is 0 Å². The molecule has 1 aliphatic heterocycles. The van der Waals surface area contributed by atoms with E-state index in [0.29, 0.717) is 23.7 Å². The normalized spacial score (nSPS) is 18.4. The zero-order valence-electron chi connectivity index (χ0n) is 23.8. The highest BCUT2D eigenvalue weighted by atomic mass is 35.5. The maximum Gasteiger partial charge on any atom is 0.416 e. The Kier molecular flexibility index (Phi) is 9.95. The number of rotatable bonds is 9. The summed E-state index contributed by atoms with van der Waals surface area (Å²) in [5.74, 6) is -0.658. The van der Waals surface area contributed by atoms with Crippen LogP contribution in [0.2, 0.25) is 5.02 Å². The highest BCUT2D eigenvalue weighted by molar-refractivity contribution is 7.92. The number of anilines is 1. The fourth-order valence-electron chi connectivity index (χ4n) is 4.84. The molecule has 0 aliphatic carbocycles. The van der Waals surface area contributed by atoms with E-state index in [4.69, 9.17) is 16.3 Å². The molecule has 43 heavy (non-hydrogen) atoms. The minimum atomic E-state index is -4.43. The van der Waals surface area contributed by atoms with Gasteiger partial charge < -0.3 is 14.7 Å². The van der Waals surface area contributed by atoms with Crippen molar-refractivity contribution in [3.63, 3.8) is 0 Å². The van der Waals surface area contributed by atoms with Crippen LogP contribution in [-0.4, -0.2) is 68.1 Å². The SMILES string of the molecule is C[C@H](CO)N1C[C@H](C)[C@@H](CN(C)Cc2ccc(C(F)(F)F)cc2)Oc2c(NS(=O)(=O)c3ccc(Cl)cc3)cccc2C1=O. The molecule has 0 fully saturated rings. The maximum absolute atomic E-state index is 13.7. The molecular formula is C30H33ClF3N3O5S. The zero-order valence-corrected chi connectivity index (χ0v) is 25.4. The number of hydrogen-bond acceptors (Lipinski definition) is 6. The smallest absolute Gasteiger partial charge is 0.416 e. The van der Waals surface area contributed by atoms with Crippen molar-refractivity contribution in [1.82, 2.24) is 9.80 Å². The van der Waals surface area contributed by atoms with E-state index in [-0.39, 0.29) is 41.0 Å². The molecule has 4 rings (SSSR count). The summed E-state index contributed by atoms with van der Waals surface area (Å²) in [7, 11) is -2.30. The Balaban J connectivity index is 1.66. The van der Waals surface area contributed by atoms with Gasteiger partial charge in [0.1, 0.15) is 6.10 Å². The molecule has 232 valence electrons. The summed E-state index contributed by atoms with van der Waals surface area (Å²) in [5.41, 5.74) is 0.112. The second kappa shape index (κ2) is 13.1. The Hall–Kier alpha value is -3.32. The minimum absolute atomic E-state index is 0.0385. The molecule has 0 spiro atoms. The number of carbonyl (C=O) groups is 1. The van der Waals surface area contributed by atoms with Crippen LogP contribution in [0.3, 0.4) is 0 Å². The van der Waals surface area contributed by atoms with E-state index in [0.717, 1.165) is 12.1 Å². The van der Waals surface area contributed by atoms with Gasteiger partial charge in [0.05, 0.1) is 34.4 Å². The number of fused-ring (bicyclic) bond motifs is 1. The molecule has 2 N–H and O–H groups in total. The van der Waals surface area contributed by atoms with E-state index in [1.165, 1.54) is 53.4 Å². The van der Waals surface area contributed by atoms with Crippen molar-refractivity contribution in [2.24, 2.45) is 5.92 Å². The Morgan fingerprint density at radius 3 is 2.37 bits per heavy atom. The molecule has 1 aliphatic rings. The van der Waals surface area contributed by atoms with Crippen LogP contribution in [0.15, 0.2) is 71.6 Å². The zero-order chi connectivity index (χ0) is 31.5. The van der Waals surface area contributed by atoms with Gasteiger partial charge in [-0.1, -0.05) is 36.7 Å². The van der Waals surface area contributed by atoms with Crippen LogP contribution in [0.4, 0.5) is 18.9 Å². The number of sulfonamides is 1. The molecule has 3 aromatic rings. The molecule has 0 saturated carbocycles. The predicted octanol–water partition coefficient (Wildman–Crippen LogP) is 5.51. The minimum Gasteiger partial charge on any atom is -0.486 e. The Morgan fingerprint density at radius 2 is 1.77 bits per heavy atom. The molecule has 1 heterocycles. The lowest BCUT2D eigenvalue weighted by Gasteiger charge is -2.38. The summed E-state index contributed by atoms with van der Waals surface area (Å²) in [4.78, 5) is 17.1. The number of halogens is 4. The Morgan fingerprint density at radius 1 is 1.12 bits per heavy atom. The summed E-state index contributed by atoms with van der Waals surface area (Å²) < 4.78 is 74.5. The average Bonchev–Trinajstić information content (AvgIpc) is 2.94. The van der Waals surface area contributed by atoms with Gasteiger partial charge in [-0.05, 0) is 68.1 Å². The van der Waals surface area contributed by atoms with E-state index in [2.05, 4.69) is 4.72 Å². The maximum atomic E-state index is 13.7. The Labute approximate surface area is 254 Å². The van der Waals surface area contributed by atoms with Crippen molar-refractivity contribution in [1.29, 1.82) is 0 Å². The summed E-state index contributed by atoms with van der Waals surface area (Å²) >= 11 is 5.92. The summed E-state index contributed by atoms with van der Waals surface area (Å²) in [6, 6.07) is 14.6. The molecule has 0 radical (unpaired) electrons. The standard InChI is InChI=1S/C30H33ClF3N3O5S/c1-19-15-37(20(2)18-38)29(39)25-5-4-6-26(35-43(40,41)24-13-11-23(31)12-14-24)28(25)42-27(19)17-36(3)16-21-7-9-22(10-8-21)30(32,33)34/h4-14,19-20,27,35,38H,15-18H2,1-3H3/t19-,20+,27+/m0/s1. The highest BCUT2D eigenvalue weighted by Gasteiger charge is 2.35. The van der Waals surface area contributed by atoms with Crippen LogP contribution in [0.5, 0.6) is 5.75 Å². The van der Waals surface area contributed by atoms with Gasteiger partial charge >= 0.3 is 6.18 Å². The van der Waals surface area contributed by atoms with Gasteiger partial charge in [0.2, 0.25) is 0 Å². The number of carbonyl (C=O) groups excluding carboxylic acids is 1. The van der Waals surface area contributed by atoms with E-state index < -0.39 is 39.8 Å². The summed E-state index contributed by atoms with van der Waals surface area (Å²) in [5, 5.41) is 10.3. The second-order valence-electron chi connectivity index (χ2n) is 10.8. The van der Waals surface area contributed by atoms with Crippen LogP contribution in [0.1, 0.15) is 35.3 Å². The highest BCUT2D eigenvalue weighted by Crippen LogP contribution is 2.36. The van der Waals surface area contributed by atoms with E-state index in [1.807, 2.05) is 11.8 Å². The predicted molar refractivity (Wildman–Crippen MR) is 158 cm³/mol. The number of para-hydroxylation sites is 1. The van der Waals surface area contributed by atoms with Crippen LogP contribution >= 0.6 is 11.6 Å². The van der Waals surface area contributed by atoms with E-state index >= 15 is 0 Å². The molecular weight excluding hydrogens is 607 g/mol. The first-order valence-corrected chi connectivity index (χ1v) is 15.4. The second-order valence-corrected chi connectivity index (χ2v) is 12.9. The number of alkyl halides is 3. The fourth-order valence-corrected chi connectivity index (χ4v) is 6.03. The van der Waals surface area contributed by atoms with Gasteiger partial charge in [0.15, 0.2) is 5.75 Å². The number of aliphatic hydroxyl groups excluding tert-OH is 1. The van der Waals surface area contributed by atoms with Gasteiger partial charge in [-0.2, -0.15) is 13.2 Å². The van der Waals surface area contributed by atoms with Crippen LogP contribution in [0, 0.1) is 5.92 Å². The first kappa shape index (κ1) is 32.6. The molecule has 0 aromatic heterocycles. The number of nitrogens with one attached hydrogen (secondary N) is 1. The third-order valence-corrected chi connectivity index (χ3v) is 8.92. The molecule has 3 aromatic carbocycles. The molecule has 0 bridgehead atoms. The molecule has 8 nitrogen and oxygen atoms in total. The van der Waals surface area contributed by atoms with E-state index in [1.54, 1.807) is 20.0 Å². The summed E-state index contributed by atoms with van der Waals surface area (Å²) in [6.45, 7) is 4.18. The molecule has 0 unspecified atom stereocenters. The van der Waals surface area contributed by atoms with E-state index in [9.17, 15) is 31.5 Å². The van der Waals surface area contributed by atoms with Gasteiger partial charge in [-0.25, -0.2) is 8.42 Å².